The Morgan fingerprint density at radius 2 is 1.84 bits per heavy atom. The standard InChI is InChI=1S/C12H17BrN2O3S/c13-11-1-3-12(4-2-11)19(16,17)14-5-6-15-7-9-18-10-8-15/h1-4,14H,5-10H2. The van der Waals surface area contributed by atoms with Crippen LogP contribution in [0.15, 0.2) is 33.6 Å². The smallest absolute Gasteiger partial charge is 0.240 e. The normalized spacial score (nSPS) is 17.5. The van der Waals surface area contributed by atoms with E-state index >= 15 is 0 Å². The molecule has 1 aliphatic heterocycles. The van der Waals surface area contributed by atoms with Gasteiger partial charge in [-0.15, -0.1) is 0 Å². The molecule has 7 heteroatoms. The van der Waals surface area contributed by atoms with Gasteiger partial charge in [-0.25, -0.2) is 13.1 Å². The molecule has 1 aliphatic rings. The van der Waals surface area contributed by atoms with Gasteiger partial charge in [0.15, 0.2) is 0 Å². The molecule has 1 aromatic rings. The van der Waals surface area contributed by atoms with Crippen molar-refractivity contribution < 1.29 is 13.2 Å². The van der Waals surface area contributed by atoms with Crippen molar-refractivity contribution in [3.63, 3.8) is 0 Å². The van der Waals surface area contributed by atoms with Crippen LogP contribution in [0, 0.1) is 0 Å². The number of hydrogen-bond donors (Lipinski definition) is 1. The Morgan fingerprint density at radius 1 is 1.21 bits per heavy atom. The molecule has 0 bridgehead atoms. The molecule has 5 nitrogen and oxygen atoms in total. The predicted molar refractivity (Wildman–Crippen MR) is 76.6 cm³/mol. The van der Waals surface area contributed by atoms with Gasteiger partial charge in [0.05, 0.1) is 18.1 Å². The fraction of sp³-hybridized carbons (Fsp3) is 0.500. The Kier molecular flexibility index (Phi) is 5.35. The molecular weight excluding hydrogens is 332 g/mol. The third-order valence-electron chi connectivity index (χ3n) is 2.95. The molecule has 0 spiro atoms. The molecule has 0 unspecified atom stereocenters. The van der Waals surface area contributed by atoms with Gasteiger partial charge in [0.1, 0.15) is 0 Å². The lowest BCUT2D eigenvalue weighted by atomic mass is 10.4. The lowest BCUT2D eigenvalue weighted by molar-refractivity contribution is 0.0390. The maximum atomic E-state index is 12.0. The largest absolute Gasteiger partial charge is 0.379 e. The molecule has 1 aromatic carbocycles. The first-order valence-electron chi connectivity index (χ1n) is 6.13. The molecule has 0 aliphatic carbocycles. The maximum absolute atomic E-state index is 12.0. The highest BCUT2D eigenvalue weighted by Gasteiger charge is 2.15. The van der Waals surface area contributed by atoms with Crippen LogP contribution in [0.4, 0.5) is 0 Å². The average Bonchev–Trinajstić information content (AvgIpc) is 2.40. The van der Waals surface area contributed by atoms with E-state index in [0.29, 0.717) is 13.1 Å². The summed E-state index contributed by atoms with van der Waals surface area (Å²) in [5.74, 6) is 0. The van der Waals surface area contributed by atoms with E-state index in [4.69, 9.17) is 4.74 Å². The molecule has 0 amide bonds. The highest BCUT2D eigenvalue weighted by molar-refractivity contribution is 9.10. The van der Waals surface area contributed by atoms with E-state index in [0.717, 1.165) is 30.8 Å². The Labute approximate surface area is 122 Å². The molecule has 1 N–H and O–H groups in total. The monoisotopic (exact) mass is 348 g/mol. The van der Waals surface area contributed by atoms with Crippen LogP contribution in [0.3, 0.4) is 0 Å². The van der Waals surface area contributed by atoms with Crippen LogP contribution < -0.4 is 4.72 Å². The molecule has 0 aromatic heterocycles. The van der Waals surface area contributed by atoms with Crippen LogP contribution in [-0.4, -0.2) is 52.7 Å². The summed E-state index contributed by atoms with van der Waals surface area (Å²) in [6.07, 6.45) is 0. The van der Waals surface area contributed by atoms with E-state index in [1.807, 2.05) is 0 Å². The van der Waals surface area contributed by atoms with Gasteiger partial charge in [-0.05, 0) is 24.3 Å². The number of nitrogens with one attached hydrogen (secondary N) is 1. The highest BCUT2D eigenvalue weighted by atomic mass is 79.9. The van der Waals surface area contributed by atoms with Crippen LogP contribution in [0.25, 0.3) is 0 Å². The van der Waals surface area contributed by atoms with Crippen LogP contribution in [0.2, 0.25) is 0 Å². The van der Waals surface area contributed by atoms with E-state index in [-0.39, 0.29) is 4.90 Å². The SMILES string of the molecule is O=S(=O)(NCCN1CCOCC1)c1ccc(Br)cc1. The van der Waals surface area contributed by atoms with E-state index < -0.39 is 10.0 Å². The van der Waals surface area contributed by atoms with Crippen molar-refractivity contribution in [1.29, 1.82) is 0 Å². The number of morpholine rings is 1. The minimum Gasteiger partial charge on any atom is -0.379 e. The molecule has 1 saturated heterocycles. The van der Waals surface area contributed by atoms with E-state index in [2.05, 4.69) is 25.6 Å². The Morgan fingerprint density at radius 3 is 2.47 bits per heavy atom. The third-order valence-corrected chi connectivity index (χ3v) is 4.95. The zero-order valence-electron chi connectivity index (χ0n) is 10.5. The minimum atomic E-state index is -3.41. The number of nitrogens with zero attached hydrogens (tertiary/aromatic N) is 1. The van der Waals surface area contributed by atoms with Gasteiger partial charge in [-0.3, -0.25) is 4.90 Å². The maximum Gasteiger partial charge on any atom is 0.240 e. The van der Waals surface area contributed by atoms with Gasteiger partial charge in [0.2, 0.25) is 10.0 Å². The van der Waals surface area contributed by atoms with Crippen LogP contribution >= 0.6 is 15.9 Å². The first kappa shape index (κ1) is 14.9. The lowest BCUT2D eigenvalue weighted by Crippen LogP contribution is -2.41. The van der Waals surface area contributed by atoms with Crippen LogP contribution in [0.5, 0.6) is 0 Å². The fourth-order valence-electron chi connectivity index (χ4n) is 1.86. The van der Waals surface area contributed by atoms with Gasteiger partial charge in [-0.1, -0.05) is 15.9 Å². The van der Waals surface area contributed by atoms with Gasteiger partial charge < -0.3 is 4.74 Å². The second-order valence-corrected chi connectivity index (χ2v) is 6.99. The number of hydrogen-bond acceptors (Lipinski definition) is 4. The van der Waals surface area contributed by atoms with Crippen molar-refractivity contribution >= 4 is 26.0 Å². The molecule has 19 heavy (non-hydrogen) atoms. The van der Waals surface area contributed by atoms with Crippen LogP contribution in [-0.2, 0) is 14.8 Å². The van der Waals surface area contributed by atoms with E-state index in [1.165, 1.54) is 0 Å². The van der Waals surface area contributed by atoms with Crippen LogP contribution in [0.1, 0.15) is 0 Å². The predicted octanol–water partition coefficient (Wildman–Crippen LogP) is 1.06. The van der Waals surface area contributed by atoms with Gasteiger partial charge in [0, 0.05) is 30.7 Å². The number of benzene rings is 1. The summed E-state index contributed by atoms with van der Waals surface area (Å²) in [7, 11) is -3.41. The second-order valence-electron chi connectivity index (χ2n) is 4.31. The van der Waals surface area contributed by atoms with E-state index in [1.54, 1.807) is 24.3 Å². The average molecular weight is 349 g/mol. The third kappa shape index (κ3) is 4.54. The molecule has 1 heterocycles. The second kappa shape index (κ2) is 6.81. The van der Waals surface area contributed by atoms with Gasteiger partial charge >= 0.3 is 0 Å². The molecule has 0 saturated carbocycles. The summed E-state index contributed by atoms with van der Waals surface area (Å²) in [6.45, 7) is 4.29. The quantitative estimate of drug-likeness (QED) is 0.864. The molecule has 2 rings (SSSR count). The van der Waals surface area contributed by atoms with Crippen molar-refractivity contribution in [2.75, 3.05) is 39.4 Å². The lowest BCUT2D eigenvalue weighted by Gasteiger charge is -2.26. The van der Waals surface area contributed by atoms with Crippen molar-refractivity contribution in [2.24, 2.45) is 0 Å². The van der Waals surface area contributed by atoms with Crippen molar-refractivity contribution in [3.8, 4) is 0 Å². The molecule has 0 radical (unpaired) electrons. The summed E-state index contributed by atoms with van der Waals surface area (Å²) in [6, 6.07) is 6.61. The number of rotatable bonds is 5. The minimum absolute atomic E-state index is 0.290. The zero-order chi connectivity index (χ0) is 13.7. The molecule has 0 atom stereocenters. The first-order valence-corrected chi connectivity index (χ1v) is 8.41. The molecule has 1 fully saturated rings. The summed E-state index contributed by atoms with van der Waals surface area (Å²) < 4.78 is 32.8. The Hall–Kier alpha value is -0.470. The summed E-state index contributed by atoms with van der Waals surface area (Å²) in [5.41, 5.74) is 0. The number of sulfonamides is 1. The first-order chi connectivity index (χ1) is 9.08. The number of halogens is 1. The molecular formula is C12H17BrN2O3S. The summed E-state index contributed by atoms with van der Waals surface area (Å²) in [5, 5.41) is 0. The number of ether oxygens (including phenoxy) is 1. The van der Waals surface area contributed by atoms with Crippen molar-refractivity contribution in [1.82, 2.24) is 9.62 Å². The van der Waals surface area contributed by atoms with Crippen molar-refractivity contribution in [2.45, 2.75) is 4.90 Å². The van der Waals surface area contributed by atoms with Crippen molar-refractivity contribution in [3.05, 3.63) is 28.7 Å². The Balaban J connectivity index is 1.85. The Bertz CT molecular complexity index is 498. The fourth-order valence-corrected chi connectivity index (χ4v) is 3.15. The molecule has 106 valence electrons. The van der Waals surface area contributed by atoms with Gasteiger partial charge in [-0.2, -0.15) is 0 Å². The highest BCUT2D eigenvalue weighted by Crippen LogP contribution is 2.14. The summed E-state index contributed by atoms with van der Waals surface area (Å²) >= 11 is 3.28. The zero-order valence-corrected chi connectivity index (χ0v) is 12.9. The van der Waals surface area contributed by atoms with Gasteiger partial charge in [0.25, 0.3) is 0 Å². The van der Waals surface area contributed by atoms with E-state index in [9.17, 15) is 8.42 Å². The summed E-state index contributed by atoms with van der Waals surface area (Å²) in [4.78, 5) is 2.48. The topological polar surface area (TPSA) is 58.6 Å².